The zero-order valence-corrected chi connectivity index (χ0v) is 9.67. The number of nitrogens with two attached hydrogens (primary N) is 2. The molecule has 0 saturated carbocycles. The normalized spacial score (nSPS) is 14.0. The number of primary amides is 1. The van der Waals surface area contributed by atoms with Gasteiger partial charge in [-0.3, -0.25) is 14.3 Å². The van der Waals surface area contributed by atoms with Crippen LogP contribution >= 0.6 is 0 Å². The minimum Gasteiger partial charge on any atom is -0.370 e. The Labute approximate surface area is 99.1 Å². The fourth-order valence-electron chi connectivity index (χ4n) is 1.39. The van der Waals surface area contributed by atoms with Crippen LogP contribution in [-0.4, -0.2) is 33.7 Å². The molecule has 0 fully saturated rings. The van der Waals surface area contributed by atoms with Gasteiger partial charge in [-0.2, -0.15) is 5.10 Å². The lowest BCUT2D eigenvalue weighted by molar-refractivity contribution is -0.126. The van der Waals surface area contributed by atoms with Gasteiger partial charge in [-0.25, -0.2) is 0 Å². The molecular weight excluding hydrogens is 222 g/mol. The maximum Gasteiger partial charge on any atom is 0.237 e. The van der Waals surface area contributed by atoms with Crippen LogP contribution in [0.25, 0.3) is 0 Å². The average Bonchev–Trinajstić information content (AvgIpc) is 2.68. The molecule has 1 heterocycles. The predicted molar refractivity (Wildman–Crippen MR) is 61.6 cm³/mol. The van der Waals surface area contributed by atoms with E-state index in [-0.39, 0.29) is 18.4 Å². The molecule has 2 atom stereocenters. The molecule has 0 saturated heterocycles. The molecule has 1 aromatic rings. The third-order valence-electron chi connectivity index (χ3n) is 2.17. The fraction of sp³-hybridized carbons (Fsp3) is 0.500. The van der Waals surface area contributed by atoms with Gasteiger partial charge in [0.2, 0.25) is 11.8 Å². The zero-order valence-electron chi connectivity index (χ0n) is 9.67. The third-order valence-corrected chi connectivity index (χ3v) is 2.17. The van der Waals surface area contributed by atoms with Crippen LogP contribution in [0.15, 0.2) is 18.5 Å². The molecule has 0 aliphatic rings. The molecule has 0 bridgehead atoms. The Balaban J connectivity index is 2.37. The number of aromatic nitrogens is 2. The Bertz CT molecular complexity index is 376. The minimum absolute atomic E-state index is 0.124. The summed E-state index contributed by atoms with van der Waals surface area (Å²) in [5.74, 6) is -0.976. The molecule has 0 aromatic carbocycles. The molecular formula is C10H17N5O2. The summed E-state index contributed by atoms with van der Waals surface area (Å²) in [7, 11) is 0. The lowest BCUT2D eigenvalue weighted by atomic mass is 10.2. The first kappa shape index (κ1) is 13.2. The van der Waals surface area contributed by atoms with E-state index in [0.29, 0.717) is 6.54 Å². The molecule has 0 radical (unpaired) electrons. The fourth-order valence-corrected chi connectivity index (χ4v) is 1.39. The van der Waals surface area contributed by atoms with Gasteiger partial charge in [-0.1, -0.05) is 0 Å². The van der Waals surface area contributed by atoms with Gasteiger partial charge in [0.15, 0.2) is 0 Å². The molecule has 2 unspecified atom stereocenters. The first-order chi connectivity index (χ1) is 7.99. The summed E-state index contributed by atoms with van der Waals surface area (Å²) in [5, 5.41) is 6.71. The van der Waals surface area contributed by atoms with Gasteiger partial charge >= 0.3 is 0 Å². The first-order valence-corrected chi connectivity index (χ1v) is 5.30. The Morgan fingerprint density at radius 1 is 1.53 bits per heavy atom. The van der Waals surface area contributed by atoms with Crippen LogP contribution in [0.4, 0.5) is 0 Å². The van der Waals surface area contributed by atoms with Gasteiger partial charge in [0.1, 0.15) is 0 Å². The second-order valence-corrected chi connectivity index (χ2v) is 3.91. The molecule has 0 aliphatic carbocycles. The summed E-state index contributed by atoms with van der Waals surface area (Å²) in [4.78, 5) is 22.1. The van der Waals surface area contributed by atoms with Crippen LogP contribution < -0.4 is 16.8 Å². The van der Waals surface area contributed by atoms with Crippen LogP contribution in [0.3, 0.4) is 0 Å². The van der Waals surface area contributed by atoms with Crippen molar-refractivity contribution >= 4 is 11.8 Å². The van der Waals surface area contributed by atoms with Gasteiger partial charge in [-0.15, -0.1) is 0 Å². The summed E-state index contributed by atoms with van der Waals surface area (Å²) in [5.41, 5.74) is 10.5. The molecule has 94 valence electrons. The maximum atomic E-state index is 11.5. The average molecular weight is 239 g/mol. The standard InChI is InChI=1S/C10H17N5O2/c1-7(6-15-4-2-3-13-15)14-10(17)8(11)5-9(12)16/h2-4,7-8H,5-6,11H2,1H3,(H2,12,16)(H,14,17). The maximum absolute atomic E-state index is 11.5. The quantitative estimate of drug-likeness (QED) is 0.565. The van der Waals surface area contributed by atoms with Crippen molar-refractivity contribution in [2.45, 2.75) is 32.0 Å². The summed E-state index contributed by atoms with van der Waals surface area (Å²) >= 11 is 0. The SMILES string of the molecule is CC(Cn1cccn1)NC(=O)C(N)CC(N)=O. The van der Waals surface area contributed by atoms with Crippen molar-refractivity contribution in [2.24, 2.45) is 11.5 Å². The van der Waals surface area contributed by atoms with Crippen LogP contribution in [0.1, 0.15) is 13.3 Å². The van der Waals surface area contributed by atoms with E-state index >= 15 is 0 Å². The van der Waals surface area contributed by atoms with E-state index in [1.54, 1.807) is 23.1 Å². The van der Waals surface area contributed by atoms with Crippen molar-refractivity contribution in [2.75, 3.05) is 0 Å². The number of nitrogens with zero attached hydrogens (tertiary/aromatic N) is 2. The summed E-state index contributed by atoms with van der Waals surface area (Å²) < 4.78 is 1.70. The highest BCUT2D eigenvalue weighted by Crippen LogP contribution is 1.93. The van der Waals surface area contributed by atoms with Crippen LogP contribution in [0, 0.1) is 0 Å². The lowest BCUT2D eigenvalue weighted by Gasteiger charge is -2.16. The van der Waals surface area contributed by atoms with Crippen molar-refractivity contribution in [1.29, 1.82) is 0 Å². The predicted octanol–water partition coefficient (Wildman–Crippen LogP) is -1.41. The van der Waals surface area contributed by atoms with Gasteiger partial charge < -0.3 is 16.8 Å². The number of hydrogen-bond acceptors (Lipinski definition) is 4. The molecule has 7 heteroatoms. The van der Waals surface area contributed by atoms with Crippen LogP contribution in [-0.2, 0) is 16.1 Å². The van der Waals surface area contributed by atoms with Crippen molar-refractivity contribution in [3.8, 4) is 0 Å². The molecule has 17 heavy (non-hydrogen) atoms. The number of carbonyl (C=O) groups is 2. The smallest absolute Gasteiger partial charge is 0.237 e. The van der Waals surface area contributed by atoms with Crippen LogP contribution in [0.2, 0.25) is 0 Å². The molecule has 0 spiro atoms. The molecule has 0 aliphatic heterocycles. The minimum atomic E-state index is -0.896. The van der Waals surface area contributed by atoms with E-state index in [1.165, 1.54) is 0 Å². The molecule has 1 rings (SSSR count). The lowest BCUT2D eigenvalue weighted by Crippen LogP contribution is -2.47. The van der Waals surface area contributed by atoms with E-state index in [0.717, 1.165) is 0 Å². The van der Waals surface area contributed by atoms with E-state index in [2.05, 4.69) is 10.4 Å². The molecule has 5 N–H and O–H groups in total. The van der Waals surface area contributed by atoms with E-state index in [9.17, 15) is 9.59 Å². The molecule has 7 nitrogen and oxygen atoms in total. The van der Waals surface area contributed by atoms with Crippen molar-refractivity contribution in [1.82, 2.24) is 15.1 Å². The van der Waals surface area contributed by atoms with E-state index in [1.807, 2.05) is 6.92 Å². The second kappa shape index (κ2) is 6.00. The Kier molecular flexibility index (Phi) is 4.65. The topological polar surface area (TPSA) is 116 Å². The van der Waals surface area contributed by atoms with Gasteiger partial charge in [0, 0.05) is 18.4 Å². The Morgan fingerprint density at radius 2 is 2.24 bits per heavy atom. The van der Waals surface area contributed by atoms with Gasteiger partial charge in [0.25, 0.3) is 0 Å². The highest BCUT2D eigenvalue weighted by Gasteiger charge is 2.17. The van der Waals surface area contributed by atoms with E-state index < -0.39 is 11.9 Å². The zero-order chi connectivity index (χ0) is 12.8. The second-order valence-electron chi connectivity index (χ2n) is 3.91. The van der Waals surface area contributed by atoms with Crippen molar-refractivity contribution in [3.63, 3.8) is 0 Å². The summed E-state index contributed by atoms with van der Waals surface area (Å²) in [6.07, 6.45) is 3.31. The van der Waals surface area contributed by atoms with Crippen LogP contribution in [0.5, 0.6) is 0 Å². The largest absolute Gasteiger partial charge is 0.370 e. The first-order valence-electron chi connectivity index (χ1n) is 5.30. The van der Waals surface area contributed by atoms with Crippen molar-refractivity contribution in [3.05, 3.63) is 18.5 Å². The summed E-state index contributed by atoms with van der Waals surface area (Å²) in [6.45, 7) is 2.37. The monoisotopic (exact) mass is 239 g/mol. The number of rotatable bonds is 6. The Hall–Kier alpha value is -1.89. The number of hydrogen-bond donors (Lipinski definition) is 3. The summed E-state index contributed by atoms with van der Waals surface area (Å²) in [6, 6.07) is 0.779. The van der Waals surface area contributed by atoms with Crippen molar-refractivity contribution < 1.29 is 9.59 Å². The number of amides is 2. The highest BCUT2D eigenvalue weighted by molar-refractivity contribution is 5.87. The highest BCUT2D eigenvalue weighted by atomic mass is 16.2. The number of nitrogens with one attached hydrogen (secondary N) is 1. The van der Waals surface area contributed by atoms with Gasteiger partial charge in [-0.05, 0) is 13.0 Å². The number of carbonyl (C=O) groups excluding carboxylic acids is 2. The van der Waals surface area contributed by atoms with E-state index in [4.69, 9.17) is 11.5 Å². The molecule has 1 aromatic heterocycles. The molecule has 2 amide bonds. The van der Waals surface area contributed by atoms with Gasteiger partial charge in [0.05, 0.1) is 19.0 Å². The Morgan fingerprint density at radius 3 is 2.76 bits per heavy atom. The third kappa shape index (κ3) is 4.64.